The fraction of sp³-hybridized carbons (Fsp3) is 0.579. The van der Waals surface area contributed by atoms with Crippen LogP contribution in [0.3, 0.4) is 0 Å². The molecule has 0 aromatic heterocycles. The molecular weight excluding hydrogens is 351 g/mol. The highest BCUT2D eigenvalue weighted by atomic mass is 19.1. The van der Waals surface area contributed by atoms with E-state index in [-0.39, 0.29) is 11.9 Å². The molecule has 27 heavy (non-hydrogen) atoms. The Morgan fingerprint density at radius 3 is 2.44 bits per heavy atom. The molecule has 2 heterocycles. The van der Waals surface area contributed by atoms with Gasteiger partial charge in [-0.2, -0.15) is 0 Å². The molecule has 148 valence electrons. The second-order valence-electron chi connectivity index (χ2n) is 6.85. The maximum Gasteiger partial charge on any atom is 0.322 e. The fourth-order valence-corrected chi connectivity index (χ4v) is 3.44. The van der Waals surface area contributed by atoms with E-state index in [2.05, 4.69) is 10.2 Å². The molecule has 0 aliphatic carbocycles. The van der Waals surface area contributed by atoms with E-state index in [1.807, 2.05) is 4.90 Å². The number of urea groups is 1. The van der Waals surface area contributed by atoms with Crippen LogP contribution < -0.4 is 10.1 Å². The zero-order valence-corrected chi connectivity index (χ0v) is 15.7. The molecule has 2 fully saturated rings. The Kier molecular flexibility index (Phi) is 6.49. The number of nitrogens with zero attached hydrogens (tertiary/aromatic N) is 3. The van der Waals surface area contributed by atoms with Crippen LogP contribution in [0.1, 0.15) is 19.8 Å². The van der Waals surface area contributed by atoms with Gasteiger partial charge >= 0.3 is 6.03 Å². The summed E-state index contributed by atoms with van der Waals surface area (Å²) in [5, 5.41) is 2.79. The van der Waals surface area contributed by atoms with Gasteiger partial charge in [-0.1, -0.05) is 0 Å². The first-order valence-corrected chi connectivity index (χ1v) is 9.55. The van der Waals surface area contributed by atoms with Crippen molar-refractivity contribution in [2.24, 2.45) is 0 Å². The van der Waals surface area contributed by atoms with Crippen LogP contribution >= 0.6 is 0 Å². The van der Waals surface area contributed by atoms with Gasteiger partial charge in [0.1, 0.15) is 11.6 Å². The average molecular weight is 378 g/mol. The van der Waals surface area contributed by atoms with Gasteiger partial charge in [-0.05, 0) is 31.9 Å². The minimum absolute atomic E-state index is 0.179. The highest BCUT2D eigenvalue weighted by Crippen LogP contribution is 2.26. The molecule has 3 amide bonds. The predicted octanol–water partition coefficient (Wildman–Crippen LogP) is 2.00. The molecule has 2 saturated heterocycles. The topological polar surface area (TPSA) is 65.1 Å². The number of nitrogens with one attached hydrogen (secondary N) is 1. The molecule has 0 bridgehead atoms. The molecule has 3 rings (SSSR count). The monoisotopic (exact) mass is 378 g/mol. The van der Waals surface area contributed by atoms with E-state index in [0.29, 0.717) is 50.8 Å². The second-order valence-corrected chi connectivity index (χ2v) is 6.85. The number of hydrogen-bond acceptors (Lipinski definition) is 4. The lowest BCUT2D eigenvalue weighted by Gasteiger charge is -2.35. The minimum Gasteiger partial charge on any atom is -0.492 e. The highest BCUT2D eigenvalue weighted by molar-refractivity contribution is 5.91. The SMILES string of the molecule is CCOc1cc(F)ccc1NC(=O)N1CCN(CC(=O)N2CCCC2)CC1. The van der Waals surface area contributed by atoms with Gasteiger partial charge in [-0.15, -0.1) is 0 Å². The molecule has 2 aliphatic heterocycles. The molecule has 1 aromatic rings. The highest BCUT2D eigenvalue weighted by Gasteiger charge is 2.25. The van der Waals surface area contributed by atoms with E-state index in [4.69, 9.17) is 4.74 Å². The smallest absolute Gasteiger partial charge is 0.322 e. The zero-order chi connectivity index (χ0) is 19.2. The molecule has 1 aromatic carbocycles. The Hall–Kier alpha value is -2.35. The van der Waals surface area contributed by atoms with Crippen molar-refractivity contribution in [1.29, 1.82) is 0 Å². The largest absolute Gasteiger partial charge is 0.492 e. The van der Waals surface area contributed by atoms with Crippen LogP contribution in [-0.2, 0) is 4.79 Å². The van der Waals surface area contributed by atoms with Crippen molar-refractivity contribution in [3.8, 4) is 5.75 Å². The summed E-state index contributed by atoms with van der Waals surface area (Å²) in [5.74, 6) is 0.0894. The van der Waals surface area contributed by atoms with Crippen molar-refractivity contribution in [1.82, 2.24) is 14.7 Å². The first-order valence-electron chi connectivity index (χ1n) is 9.55. The van der Waals surface area contributed by atoms with Crippen LogP contribution in [0.2, 0.25) is 0 Å². The normalized spacial score (nSPS) is 17.9. The van der Waals surface area contributed by atoms with Crippen molar-refractivity contribution in [2.45, 2.75) is 19.8 Å². The number of amides is 3. The molecule has 2 aliphatic rings. The maximum absolute atomic E-state index is 13.4. The first-order chi connectivity index (χ1) is 13.1. The second kappa shape index (κ2) is 9.03. The summed E-state index contributed by atoms with van der Waals surface area (Å²) in [4.78, 5) is 30.5. The van der Waals surface area contributed by atoms with E-state index >= 15 is 0 Å². The van der Waals surface area contributed by atoms with Crippen LogP contribution in [0.15, 0.2) is 18.2 Å². The number of hydrogen-bond donors (Lipinski definition) is 1. The molecule has 7 nitrogen and oxygen atoms in total. The summed E-state index contributed by atoms with van der Waals surface area (Å²) in [5.41, 5.74) is 0.454. The summed E-state index contributed by atoms with van der Waals surface area (Å²) in [6, 6.07) is 3.82. The van der Waals surface area contributed by atoms with Gasteiger partial charge in [-0.3, -0.25) is 9.69 Å². The van der Waals surface area contributed by atoms with E-state index < -0.39 is 5.82 Å². The lowest BCUT2D eigenvalue weighted by atomic mass is 10.2. The predicted molar refractivity (Wildman–Crippen MR) is 100 cm³/mol. The van der Waals surface area contributed by atoms with Crippen molar-refractivity contribution in [3.05, 3.63) is 24.0 Å². The van der Waals surface area contributed by atoms with E-state index in [0.717, 1.165) is 25.9 Å². The molecule has 0 saturated carbocycles. The maximum atomic E-state index is 13.4. The van der Waals surface area contributed by atoms with Crippen molar-refractivity contribution < 1.29 is 18.7 Å². The number of rotatable bonds is 5. The molecule has 8 heteroatoms. The van der Waals surface area contributed by atoms with Gasteiger partial charge in [0, 0.05) is 45.3 Å². The summed E-state index contributed by atoms with van der Waals surface area (Å²) < 4.78 is 18.8. The van der Waals surface area contributed by atoms with Gasteiger partial charge in [-0.25, -0.2) is 9.18 Å². The molecule has 1 N–H and O–H groups in total. The Labute approximate surface area is 159 Å². The standard InChI is InChI=1S/C19H27FN4O3/c1-2-27-17-13-15(20)5-6-16(17)21-19(26)24-11-9-22(10-12-24)14-18(25)23-7-3-4-8-23/h5-6,13H,2-4,7-12,14H2,1H3,(H,21,26). The number of carbonyl (C=O) groups excluding carboxylic acids is 2. The van der Waals surface area contributed by atoms with Crippen LogP contribution in [0.4, 0.5) is 14.9 Å². The van der Waals surface area contributed by atoms with Crippen LogP contribution in [0.5, 0.6) is 5.75 Å². The third kappa shape index (κ3) is 5.09. The Balaban J connectivity index is 1.49. The Bertz CT molecular complexity index is 671. The molecular formula is C19H27FN4O3. The van der Waals surface area contributed by atoms with Crippen LogP contribution in [0.25, 0.3) is 0 Å². The number of anilines is 1. The van der Waals surface area contributed by atoms with E-state index in [1.54, 1.807) is 11.8 Å². The number of ether oxygens (including phenoxy) is 1. The third-order valence-electron chi connectivity index (χ3n) is 4.96. The van der Waals surface area contributed by atoms with Crippen LogP contribution in [-0.4, -0.2) is 79.1 Å². The van der Waals surface area contributed by atoms with Gasteiger partial charge in [0.2, 0.25) is 5.91 Å². The molecule has 0 unspecified atom stereocenters. The number of piperazine rings is 1. The lowest BCUT2D eigenvalue weighted by Crippen LogP contribution is -2.52. The van der Waals surface area contributed by atoms with Crippen molar-refractivity contribution in [2.75, 3.05) is 57.7 Å². The van der Waals surface area contributed by atoms with Crippen molar-refractivity contribution >= 4 is 17.6 Å². The number of carbonyl (C=O) groups is 2. The fourth-order valence-electron chi connectivity index (χ4n) is 3.44. The summed E-state index contributed by atoms with van der Waals surface area (Å²) >= 11 is 0. The van der Waals surface area contributed by atoms with Gasteiger partial charge in [0.25, 0.3) is 0 Å². The third-order valence-corrected chi connectivity index (χ3v) is 4.96. The minimum atomic E-state index is -0.410. The van der Waals surface area contributed by atoms with Gasteiger partial charge < -0.3 is 19.9 Å². The Morgan fingerprint density at radius 2 is 1.78 bits per heavy atom. The average Bonchev–Trinajstić information content (AvgIpc) is 3.19. The number of halogens is 1. The van der Waals surface area contributed by atoms with Crippen molar-refractivity contribution in [3.63, 3.8) is 0 Å². The quantitative estimate of drug-likeness (QED) is 0.851. The lowest BCUT2D eigenvalue weighted by molar-refractivity contribution is -0.131. The Morgan fingerprint density at radius 1 is 1.07 bits per heavy atom. The first kappa shape index (κ1) is 19.4. The van der Waals surface area contributed by atoms with Gasteiger partial charge in [0.15, 0.2) is 0 Å². The van der Waals surface area contributed by atoms with Gasteiger partial charge in [0.05, 0.1) is 18.8 Å². The van der Waals surface area contributed by atoms with E-state index in [9.17, 15) is 14.0 Å². The summed E-state index contributed by atoms with van der Waals surface area (Å²) in [6.45, 7) is 6.75. The zero-order valence-electron chi connectivity index (χ0n) is 15.7. The van der Waals surface area contributed by atoms with Crippen LogP contribution in [0, 0.1) is 5.82 Å². The molecule has 0 atom stereocenters. The summed E-state index contributed by atoms with van der Waals surface area (Å²) in [7, 11) is 0. The summed E-state index contributed by atoms with van der Waals surface area (Å²) in [6.07, 6.45) is 2.18. The molecule has 0 radical (unpaired) electrons. The number of likely N-dealkylation sites (tertiary alicyclic amines) is 1. The molecule has 0 spiro atoms. The number of benzene rings is 1. The van der Waals surface area contributed by atoms with E-state index in [1.165, 1.54) is 18.2 Å².